The van der Waals surface area contributed by atoms with Crippen molar-refractivity contribution in [3.05, 3.63) is 78.1 Å². The highest BCUT2D eigenvalue weighted by Gasteiger charge is 2.14. The first-order valence-corrected chi connectivity index (χ1v) is 9.37. The second kappa shape index (κ2) is 8.14. The lowest BCUT2D eigenvalue weighted by molar-refractivity contribution is 0.0940. The van der Waals surface area contributed by atoms with Crippen LogP contribution in [0.4, 0.5) is 0 Å². The van der Waals surface area contributed by atoms with Crippen molar-refractivity contribution in [1.29, 1.82) is 0 Å². The van der Waals surface area contributed by atoms with Gasteiger partial charge in [-0.1, -0.05) is 12.1 Å². The number of hydrogen-bond acceptors (Lipinski definition) is 5. The number of pyridine rings is 1. The van der Waals surface area contributed by atoms with Crippen LogP contribution in [-0.4, -0.2) is 29.0 Å². The Morgan fingerprint density at radius 1 is 1.17 bits per heavy atom. The van der Waals surface area contributed by atoms with Crippen LogP contribution in [0.5, 0.6) is 5.75 Å². The van der Waals surface area contributed by atoms with Crippen molar-refractivity contribution in [2.24, 2.45) is 0 Å². The van der Waals surface area contributed by atoms with Gasteiger partial charge in [0.2, 0.25) is 5.89 Å². The van der Waals surface area contributed by atoms with E-state index >= 15 is 0 Å². The topological polar surface area (TPSA) is 77.2 Å². The zero-order chi connectivity index (χ0) is 20.2. The summed E-state index contributed by atoms with van der Waals surface area (Å²) >= 11 is 0. The van der Waals surface area contributed by atoms with Gasteiger partial charge in [0.15, 0.2) is 5.58 Å². The molecule has 0 fully saturated rings. The lowest BCUT2D eigenvalue weighted by Crippen LogP contribution is -2.34. The molecule has 1 N–H and O–H groups in total. The van der Waals surface area contributed by atoms with E-state index in [1.807, 2.05) is 49.5 Å². The van der Waals surface area contributed by atoms with Crippen molar-refractivity contribution in [2.45, 2.75) is 19.4 Å². The average molecular weight is 387 g/mol. The van der Waals surface area contributed by atoms with Crippen LogP contribution in [0.15, 0.2) is 71.4 Å². The Labute approximate surface area is 168 Å². The minimum Gasteiger partial charge on any atom is -0.497 e. The van der Waals surface area contributed by atoms with E-state index in [2.05, 4.69) is 15.3 Å². The second-order valence-corrected chi connectivity index (χ2v) is 6.87. The van der Waals surface area contributed by atoms with Crippen LogP contribution in [0.25, 0.3) is 22.6 Å². The maximum atomic E-state index is 12.6. The summed E-state index contributed by atoms with van der Waals surface area (Å²) < 4.78 is 11.1. The summed E-state index contributed by atoms with van der Waals surface area (Å²) in [5.41, 5.74) is 3.69. The Bertz CT molecular complexity index is 1140. The summed E-state index contributed by atoms with van der Waals surface area (Å²) in [6.45, 7) is 1.97. The maximum absolute atomic E-state index is 12.6. The van der Waals surface area contributed by atoms with Crippen molar-refractivity contribution in [3.8, 4) is 17.2 Å². The molecular formula is C23H21N3O3. The highest BCUT2D eigenvalue weighted by Crippen LogP contribution is 2.27. The molecule has 0 aliphatic rings. The number of fused-ring (bicyclic) bond motifs is 1. The maximum Gasteiger partial charge on any atom is 0.251 e. The van der Waals surface area contributed by atoms with E-state index in [-0.39, 0.29) is 11.9 Å². The van der Waals surface area contributed by atoms with E-state index < -0.39 is 0 Å². The van der Waals surface area contributed by atoms with Crippen molar-refractivity contribution < 1.29 is 13.9 Å². The van der Waals surface area contributed by atoms with Crippen molar-refractivity contribution >= 4 is 17.0 Å². The molecule has 0 aliphatic carbocycles. The van der Waals surface area contributed by atoms with Gasteiger partial charge in [-0.25, -0.2) is 4.98 Å². The van der Waals surface area contributed by atoms with Gasteiger partial charge < -0.3 is 14.5 Å². The summed E-state index contributed by atoms with van der Waals surface area (Å²) in [6, 6.07) is 16.6. The number of methoxy groups -OCH3 is 1. The lowest BCUT2D eigenvalue weighted by Gasteiger charge is -2.13. The number of carbonyl (C=O) groups is 1. The van der Waals surface area contributed by atoms with E-state index in [0.717, 1.165) is 16.9 Å². The van der Waals surface area contributed by atoms with E-state index in [1.54, 1.807) is 31.5 Å². The SMILES string of the molecule is COc1cccc(-c2nc3ccc(C(=O)N[C@@H](C)Cc4cccnc4)cc3o2)c1. The molecule has 0 radical (unpaired) electrons. The van der Waals surface area contributed by atoms with Crippen LogP contribution in [-0.2, 0) is 6.42 Å². The van der Waals surface area contributed by atoms with Crippen molar-refractivity contribution in [2.75, 3.05) is 7.11 Å². The van der Waals surface area contributed by atoms with Gasteiger partial charge in [0, 0.05) is 29.6 Å². The lowest BCUT2D eigenvalue weighted by atomic mass is 10.1. The molecule has 0 unspecified atom stereocenters. The highest BCUT2D eigenvalue weighted by molar-refractivity contribution is 5.97. The first kappa shape index (κ1) is 18.7. The molecule has 0 spiro atoms. The number of ether oxygens (including phenoxy) is 1. The van der Waals surface area contributed by atoms with Crippen LogP contribution in [0.1, 0.15) is 22.8 Å². The average Bonchev–Trinajstić information content (AvgIpc) is 3.18. The quantitative estimate of drug-likeness (QED) is 0.535. The number of benzene rings is 2. The first-order valence-electron chi connectivity index (χ1n) is 9.37. The van der Waals surface area contributed by atoms with Crippen LogP contribution >= 0.6 is 0 Å². The third-order valence-electron chi connectivity index (χ3n) is 4.61. The molecular weight excluding hydrogens is 366 g/mol. The zero-order valence-electron chi connectivity index (χ0n) is 16.3. The fourth-order valence-corrected chi connectivity index (χ4v) is 3.18. The van der Waals surface area contributed by atoms with Gasteiger partial charge >= 0.3 is 0 Å². The van der Waals surface area contributed by atoms with E-state index in [4.69, 9.17) is 9.15 Å². The van der Waals surface area contributed by atoms with E-state index in [0.29, 0.717) is 29.0 Å². The third kappa shape index (κ3) is 4.27. The summed E-state index contributed by atoms with van der Waals surface area (Å²) in [5.74, 6) is 1.07. The molecule has 29 heavy (non-hydrogen) atoms. The second-order valence-electron chi connectivity index (χ2n) is 6.87. The minimum absolute atomic E-state index is 0.0236. The molecule has 0 aliphatic heterocycles. The van der Waals surface area contributed by atoms with Crippen LogP contribution in [0.3, 0.4) is 0 Å². The number of hydrogen-bond donors (Lipinski definition) is 1. The Morgan fingerprint density at radius 3 is 2.86 bits per heavy atom. The fraction of sp³-hybridized carbons (Fsp3) is 0.174. The summed E-state index contributed by atoms with van der Waals surface area (Å²) in [4.78, 5) is 21.3. The number of nitrogens with one attached hydrogen (secondary N) is 1. The molecule has 6 heteroatoms. The van der Waals surface area contributed by atoms with Crippen molar-refractivity contribution in [3.63, 3.8) is 0 Å². The molecule has 0 saturated heterocycles. The minimum atomic E-state index is -0.150. The molecule has 1 amide bonds. The van der Waals surface area contributed by atoms with Gasteiger partial charge in [-0.3, -0.25) is 9.78 Å². The Morgan fingerprint density at radius 2 is 2.07 bits per heavy atom. The zero-order valence-corrected chi connectivity index (χ0v) is 16.3. The molecule has 1 atom stereocenters. The predicted octanol–water partition coefficient (Wildman–Crippen LogP) is 4.26. The molecule has 4 rings (SSSR count). The molecule has 4 aromatic rings. The Hall–Kier alpha value is -3.67. The van der Waals surface area contributed by atoms with Gasteiger partial charge in [-0.2, -0.15) is 0 Å². The van der Waals surface area contributed by atoms with Gasteiger partial charge in [-0.15, -0.1) is 0 Å². The molecule has 0 bridgehead atoms. The van der Waals surface area contributed by atoms with Gasteiger partial charge in [0.25, 0.3) is 5.91 Å². The fourth-order valence-electron chi connectivity index (χ4n) is 3.18. The summed E-state index contributed by atoms with van der Waals surface area (Å²) in [6.07, 6.45) is 4.26. The molecule has 6 nitrogen and oxygen atoms in total. The normalized spacial score (nSPS) is 11.9. The number of oxazole rings is 1. The van der Waals surface area contributed by atoms with Crippen LogP contribution in [0, 0.1) is 0 Å². The van der Waals surface area contributed by atoms with E-state index in [9.17, 15) is 4.79 Å². The van der Waals surface area contributed by atoms with Crippen LogP contribution in [0.2, 0.25) is 0 Å². The number of aromatic nitrogens is 2. The molecule has 2 aromatic heterocycles. The van der Waals surface area contributed by atoms with Gasteiger partial charge in [0.05, 0.1) is 7.11 Å². The van der Waals surface area contributed by atoms with Gasteiger partial charge in [0.1, 0.15) is 11.3 Å². The van der Waals surface area contributed by atoms with E-state index in [1.165, 1.54) is 0 Å². The predicted molar refractivity (Wildman–Crippen MR) is 111 cm³/mol. The monoisotopic (exact) mass is 387 g/mol. The highest BCUT2D eigenvalue weighted by atomic mass is 16.5. The molecule has 0 saturated carbocycles. The largest absolute Gasteiger partial charge is 0.497 e. The smallest absolute Gasteiger partial charge is 0.251 e. The Balaban J connectivity index is 1.51. The Kier molecular flexibility index (Phi) is 5.24. The first-order chi connectivity index (χ1) is 14.1. The number of amides is 1. The molecule has 146 valence electrons. The van der Waals surface area contributed by atoms with Crippen LogP contribution < -0.4 is 10.1 Å². The molecule has 2 heterocycles. The van der Waals surface area contributed by atoms with Crippen molar-refractivity contribution in [1.82, 2.24) is 15.3 Å². The molecule has 2 aromatic carbocycles. The summed E-state index contributed by atoms with van der Waals surface area (Å²) in [5, 5.41) is 3.02. The standard InChI is InChI=1S/C23H21N3O3/c1-15(11-16-5-4-10-24-14-16)25-22(27)17-8-9-20-21(13-17)29-23(26-20)18-6-3-7-19(12-18)28-2/h3-10,12-15H,11H2,1-2H3,(H,25,27)/t15-/m0/s1. The number of nitrogens with zero attached hydrogens (tertiary/aromatic N) is 2. The van der Waals surface area contributed by atoms with Gasteiger partial charge in [-0.05, 0) is 61.4 Å². The number of rotatable bonds is 6. The summed E-state index contributed by atoms with van der Waals surface area (Å²) in [7, 11) is 1.62. The third-order valence-corrected chi connectivity index (χ3v) is 4.61. The number of carbonyl (C=O) groups excluding carboxylic acids is 1.